The molecule has 0 aliphatic heterocycles. The first-order valence-corrected chi connectivity index (χ1v) is 10.0. The topological polar surface area (TPSA) is 48.3 Å². The van der Waals surface area contributed by atoms with E-state index in [1.54, 1.807) is 24.7 Å². The standard InChI is InChI=1S/C22H21NO3S/c1-4-6-13-26-21-12-11-16(27(25)5-2)14-19(21)20-15-23(3)22(24)18-10-8-7-9-17(18)20/h7-12,14-15H,5,13H2,1-3H3. The van der Waals surface area contributed by atoms with Crippen molar-refractivity contribution in [3.8, 4) is 28.7 Å². The molecule has 3 aromatic rings. The van der Waals surface area contributed by atoms with Gasteiger partial charge < -0.3 is 9.30 Å². The highest BCUT2D eigenvalue weighted by Gasteiger charge is 2.15. The van der Waals surface area contributed by atoms with E-state index >= 15 is 0 Å². The highest BCUT2D eigenvalue weighted by Crippen LogP contribution is 2.35. The zero-order chi connectivity index (χ0) is 19.4. The van der Waals surface area contributed by atoms with Crippen molar-refractivity contribution in [2.75, 3.05) is 12.4 Å². The molecule has 27 heavy (non-hydrogen) atoms. The number of pyridine rings is 1. The van der Waals surface area contributed by atoms with Gasteiger partial charge in [-0.15, -0.1) is 5.92 Å². The predicted octanol–water partition coefficient (Wildman–Crippen LogP) is 3.74. The number of aromatic nitrogens is 1. The average molecular weight is 379 g/mol. The number of hydrogen-bond acceptors (Lipinski definition) is 3. The van der Waals surface area contributed by atoms with Gasteiger partial charge in [-0.05, 0) is 36.6 Å². The van der Waals surface area contributed by atoms with E-state index in [9.17, 15) is 9.00 Å². The Morgan fingerprint density at radius 3 is 2.56 bits per heavy atom. The van der Waals surface area contributed by atoms with E-state index in [2.05, 4.69) is 11.8 Å². The van der Waals surface area contributed by atoms with Gasteiger partial charge in [0.15, 0.2) is 0 Å². The van der Waals surface area contributed by atoms with Gasteiger partial charge in [0.05, 0.1) is 10.8 Å². The van der Waals surface area contributed by atoms with Crippen molar-refractivity contribution < 1.29 is 8.95 Å². The number of nitrogens with zero attached hydrogens (tertiary/aromatic N) is 1. The van der Waals surface area contributed by atoms with Crippen LogP contribution in [-0.2, 0) is 17.8 Å². The van der Waals surface area contributed by atoms with Crippen molar-refractivity contribution in [1.29, 1.82) is 0 Å². The Kier molecular flexibility index (Phi) is 5.78. The minimum absolute atomic E-state index is 0.0537. The third-order valence-electron chi connectivity index (χ3n) is 4.33. The van der Waals surface area contributed by atoms with E-state index in [1.807, 2.05) is 49.4 Å². The average Bonchev–Trinajstić information content (AvgIpc) is 2.70. The number of fused-ring (bicyclic) bond motifs is 1. The predicted molar refractivity (Wildman–Crippen MR) is 111 cm³/mol. The summed E-state index contributed by atoms with van der Waals surface area (Å²) in [4.78, 5) is 13.2. The van der Waals surface area contributed by atoms with Crippen LogP contribution in [0.25, 0.3) is 21.9 Å². The van der Waals surface area contributed by atoms with Gasteiger partial charge in [0.2, 0.25) is 0 Å². The van der Waals surface area contributed by atoms with Gasteiger partial charge in [-0.25, -0.2) is 0 Å². The molecule has 138 valence electrons. The molecule has 0 bridgehead atoms. The lowest BCUT2D eigenvalue weighted by molar-refractivity contribution is 0.371. The quantitative estimate of drug-likeness (QED) is 0.635. The molecule has 4 nitrogen and oxygen atoms in total. The molecule has 0 spiro atoms. The zero-order valence-corrected chi connectivity index (χ0v) is 16.4. The fraction of sp³-hybridized carbons (Fsp3) is 0.227. The van der Waals surface area contributed by atoms with Crippen molar-refractivity contribution in [2.45, 2.75) is 18.7 Å². The van der Waals surface area contributed by atoms with Gasteiger partial charge in [-0.2, -0.15) is 0 Å². The third-order valence-corrected chi connectivity index (χ3v) is 5.64. The third kappa shape index (κ3) is 3.81. The van der Waals surface area contributed by atoms with Crippen LogP contribution in [0.2, 0.25) is 0 Å². The number of hydrogen-bond donors (Lipinski definition) is 0. The summed E-state index contributed by atoms with van der Waals surface area (Å²) >= 11 is 0. The molecule has 5 heteroatoms. The van der Waals surface area contributed by atoms with E-state index < -0.39 is 10.8 Å². The number of ether oxygens (including phenoxy) is 1. The fourth-order valence-electron chi connectivity index (χ4n) is 2.97. The molecule has 3 rings (SSSR count). The molecule has 1 atom stereocenters. The van der Waals surface area contributed by atoms with E-state index in [0.717, 1.165) is 21.4 Å². The summed E-state index contributed by atoms with van der Waals surface area (Å²) in [6, 6.07) is 13.0. The van der Waals surface area contributed by atoms with Crippen molar-refractivity contribution in [2.24, 2.45) is 7.05 Å². The van der Waals surface area contributed by atoms with Crippen LogP contribution in [0.4, 0.5) is 0 Å². The lowest BCUT2D eigenvalue weighted by Gasteiger charge is -2.15. The summed E-state index contributed by atoms with van der Waals surface area (Å²) < 4.78 is 19.8. The van der Waals surface area contributed by atoms with Crippen LogP contribution < -0.4 is 10.3 Å². The Labute approximate surface area is 161 Å². The number of rotatable bonds is 5. The molecule has 2 aromatic carbocycles. The maximum absolute atomic E-state index is 12.5. The summed E-state index contributed by atoms with van der Waals surface area (Å²) in [6.45, 7) is 3.92. The number of aryl methyl sites for hydroxylation is 1. The summed E-state index contributed by atoms with van der Waals surface area (Å²) in [5, 5.41) is 1.48. The van der Waals surface area contributed by atoms with Crippen LogP contribution in [-0.4, -0.2) is 21.1 Å². The van der Waals surface area contributed by atoms with Gasteiger partial charge in [-0.3, -0.25) is 9.00 Å². The first-order chi connectivity index (χ1) is 13.1. The van der Waals surface area contributed by atoms with Crippen molar-refractivity contribution in [3.63, 3.8) is 0 Å². The highest BCUT2D eigenvalue weighted by molar-refractivity contribution is 7.85. The highest BCUT2D eigenvalue weighted by atomic mass is 32.2. The molecule has 0 saturated heterocycles. The molecule has 0 fully saturated rings. The normalized spacial score (nSPS) is 11.7. The van der Waals surface area contributed by atoms with Crippen LogP contribution >= 0.6 is 0 Å². The van der Waals surface area contributed by atoms with E-state index in [0.29, 0.717) is 16.9 Å². The first-order valence-electron chi connectivity index (χ1n) is 8.70. The molecule has 0 aliphatic rings. The lowest BCUT2D eigenvalue weighted by Crippen LogP contribution is -2.16. The Bertz CT molecular complexity index is 1140. The second kappa shape index (κ2) is 8.24. The van der Waals surface area contributed by atoms with Crippen molar-refractivity contribution in [1.82, 2.24) is 4.57 Å². The maximum Gasteiger partial charge on any atom is 0.258 e. The summed E-state index contributed by atoms with van der Waals surface area (Å²) in [6.07, 6.45) is 1.80. The van der Waals surface area contributed by atoms with E-state index in [-0.39, 0.29) is 12.2 Å². The molecule has 0 aliphatic carbocycles. The van der Waals surface area contributed by atoms with Gasteiger partial charge in [0, 0.05) is 40.4 Å². The monoisotopic (exact) mass is 379 g/mol. The van der Waals surface area contributed by atoms with Crippen LogP contribution in [0.5, 0.6) is 5.75 Å². The Hall–Kier alpha value is -2.84. The van der Waals surface area contributed by atoms with Crippen LogP contribution in [0, 0.1) is 11.8 Å². The molecular weight excluding hydrogens is 358 g/mol. The van der Waals surface area contributed by atoms with Crippen LogP contribution in [0.1, 0.15) is 13.8 Å². The van der Waals surface area contributed by atoms with Gasteiger partial charge in [-0.1, -0.05) is 31.0 Å². The summed E-state index contributed by atoms with van der Waals surface area (Å²) in [7, 11) is 0.646. The SMILES string of the molecule is CC#CCOc1ccc(S(=O)CC)cc1-c1cn(C)c(=O)c2ccccc12. The molecule has 0 amide bonds. The smallest absolute Gasteiger partial charge is 0.258 e. The molecule has 0 N–H and O–H groups in total. The first kappa shape index (κ1) is 18.9. The molecule has 0 radical (unpaired) electrons. The molecular formula is C22H21NO3S. The second-order valence-electron chi connectivity index (χ2n) is 6.01. The minimum Gasteiger partial charge on any atom is -0.480 e. The van der Waals surface area contributed by atoms with Gasteiger partial charge in [0.25, 0.3) is 5.56 Å². The summed E-state index contributed by atoms with van der Waals surface area (Å²) in [5.41, 5.74) is 1.61. The minimum atomic E-state index is -1.09. The second-order valence-corrected chi connectivity index (χ2v) is 7.75. The Morgan fingerprint density at radius 1 is 1.11 bits per heavy atom. The fourth-order valence-corrected chi connectivity index (χ4v) is 3.77. The maximum atomic E-state index is 12.5. The van der Waals surface area contributed by atoms with Crippen molar-refractivity contribution >= 4 is 21.6 Å². The van der Waals surface area contributed by atoms with Crippen LogP contribution in [0.3, 0.4) is 0 Å². The molecule has 1 aromatic heterocycles. The van der Waals surface area contributed by atoms with E-state index in [1.165, 1.54) is 0 Å². The molecule has 1 heterocycles. The lowest BCUT2D eigenvalue weighted by atomic mass is 10.00. The van der Waals surface area contributed by atoms with Gasteiger partial charge >= 0.3 is 0 Å². The van der Waals surface area contributed by atoms with Crippen LogP contribution in [0.15, 0.2) is 58.4 Å². The summed E-state index contributed by atoms with van der Waals surface area (Å²) in [5.74, 6) is 6.90. The molecule has 1 unspecified atom stereocenters. The van der Waals surface area contributed by atoms with Gasteiger partial charge in [0.1, 0.15) is 12.4 Å². The Morgan fingerprint density at radius 2 is 1.85 bits per heavy atom. The number of benzene rings is 2. The zero-order valence-electron chi connectivity index (χ0n) is 15.6. The van der Waals surface area contributed by atoms with E-state index in [4.69, 9.17) is 4.74 Å². The van der Waals surface area contributed by atoms with Crippen molar-refractivity contribution in [3.05, 3.63) is 59.0 Å². The molecule has 0 saturated carbocycles. The largest absolute Gasteiger partial charge is 0.480 e. The Balaban J connectivity index is 2.29.